The molecule has 0 bridgehead atoms. The van der Waals surface area contributed by atoms with Crippen LogP contribution in [-0.4, -0.2) is 241 Å². The van der Waals surface area contributed by atoms with E-state index in [0.29, 0.717) is 0 Å². The first-order chi connectivity index (χ1) is 42.6. The van der Waals surface area contributed by atoms with Gasteiger partial charge in [-0.1, -0.05) is 125 Å². The molecule has 0 aromatic carbocycles. The first-order valence-corrected chi connectivity index (χ1v) is 36.9. The minimum atomic E-state index is -2.86. The first-order valence-electron chi connectivity index (χ1n) is 34.0. The third kappa shape index (κ3) is 23.0. The number of hydrogen-bond donors (Lipinski definition) is 5. The van der Waals surface area contributed by atoms with Gasteiger partial charge in [0.15, 0.2) is 8.32 Å². The van der Waals surface area contributed by atoms with Gasteiger partial charge in [-0.15, -0.1) is 0 Å². The maximum atomic E-state index is 15.7. The van der Waals surface area contributed by atoms with Crippen LogP contribution >= 0.6 is 0 Å². The Morgan fingerprint density at radius 3 is 1.22 bits per heavy atom. The summed E-state index contributed by atoms with van der Waals surface area (Å²) in [6.07, 6.45) is -0.202. The highest BCUT2D eigenvalue weighted by atomic mass is 28.4. The highest BCUT2D eigenvalue weighted by molar-refractivity contribution is 6.74. The normalized spacial score (nSPS) is 26.7. The SMILES string of the molecule is CC[C@@H]1NC(=O)[C@H]([C@@H](O[Si](C)(C)C(C)(C)C)[C@H](C)CCO)N(C)C(=O)[C@H](C(C)C)N(C)C(=O)[C@H](CC(C)C)N(C)C(=O)[C@H](CC(C)C)N(C)C(=O)[C@@H](C)NC(=O)[C@H](C)NC(=O)[C@H](CC(C)C)N(C)C(=O)[C@H](C(C)C)NC(=O)[C@H](CC(C)C)N(C)C(=O)[C@@H](CC)N(C)C1=O. The number of aliphatic hydroxyl groups is 1. The third-order valence-corrected chi connectivity index (χ3v) is 23.3. The van der Waals surface area contributed by atoms with Crippen molar-refractivity contribution < 1.29 is 62.3 Å². The Hall–Kier alpha value is -5.69. The Kier molecular flexibility index (Phi) is 33.9. The molecule has 1 heterocycles. The Balaban J connectivity index is 4.62. The van der Waals surface area contributed by atoms with E-state index < -0.39 is 169 Å². The number of hydrogen-bond acceptors (Lipinski definition) is 13. The summed E-state index contributed by atoms with van der Waals surface area (Å²) >= 11 is 0. The second kappa shape index (κ2) is 37.0. The Bertz CT molecular complexity index is 2540. The molecule has 1 aliphatic heterocycles. The Labute approximate surface area is 560 Å². The number of likely N-dealkylation sites (N-methyl/N-ethyl adjacent to an activating group) is 7. The summed E-state index contributed by atoms with van der Waals surface area (Å²) in [5, 5.41) is 21.3. The van der Waals surface area contributed by atoms with Gasteiger partial charge in [0.1, 0.15) is 66.5 Å². The molecule has 0 unspecified atom stereocenters. The average Bonchev–Trinajstić information content (AvgIpc) is 0.799. The lowest BCUT2D eigenvalue weighted by Crippen LogP contribution is -2.65. The molecule has 11 amide bonds. The topological polar surface area (TPSA) is 288 Å². The van der Waals surface area contributed by atoms with Gasteiger partial charge in [0.2, 0.25) is 65.0 Å². The van der Waals surface area contributed by atoms with Crippen molar-refractivity contribution in [2.75, 3.05) is 55.9 Å². The number of aliphatic hydroxyl groups excluding tert-OH is 1. The fourth-order valence-corrected chi connectivity index (χ4v) is 13.2. The third-order valence-electron chi connectivity index (χ3n) is 18.8. The molecule has 1 fully saturated rings. The summed E-state index contributed by atoms with van der Waals surface area (Å²) in [5.74, 6) is -9.44. The maximum absolute atomic E-state index is 15.7. The van der Waals surface area contributed by atoms with E-state index >= 15 is 24.0 Å². The number of nitrogens with one attached hydrogen (secondary N) is 4. The molecule has 5 N–H and O–H groups in total. The number of amides is 11. The smallest absolute Gasteiger partial charge is 0.246 e. The van der Waals surface area contributed by atoms with Crippen LogP contribution in [0.15, 0.2) is 0 Å². The van der Waals surface area contributed by atoms with Crippen molar-refractivity contribution >= 4 is 73.3 Å². The molecule has 13 atom stereocenters. The first kappa shape index (κ1) is 85.3. The second-order valence-corrected chi connectivity index (χ2v) is 35.0. The Morgan fingerprint density at radius 2 is 0.806 bits per heavy atom. The molecule has 0 aromatic rings. The maximum Gasteiger partial charge on any atom is 0.246 e. The quantitative estimate of drug-likeness (QED) is 0.106. The molecule has 25 heteroatoms. The van der Waals surface area contributed by atoms with Crippen molar-refractivity contribution in [3.8, 4) is 0 Å². The molecule has 0 saturated carbocycles. The number of carbonyl (C=O) groups is 11. The highest BCUT2D eigenvalue weighted by Gasteiger charge is 2.50. The van der Waals surface area contributed by atoms with Crippen LogP contribution in [0.2, 0.25) is 18.1 Å². The highest BCUT2D eigenvalue weighted by Crippen LogP contribution is 2.40. The van der Waals surface area contributed by atoms with Gasteiger partial charge in [-0.05, 0) is 118 Å². The number of rotatable bonds is 18. The van der Waals surface area contributed by atoms with Gasteiger partial charge in [-0.25, -0.2) is 0 Å². The second-order valence-electron chi connectivity index (χ2n) is 30.3. The van der Waals surface area contributed by atoms with Crippen LogP contribution in [0, 0.1) is 41.4 Å². The van der Waals surface area contributed by atoms with Gasteiger partial charge in [0, 0.05) is 55.9 Å². The molecule has 0 spiro atoms. The van der Waals surface area contributed by atoms with Crippen molar-refractivity contribution in [2.45, 2.75) is 274 Å². The molecule has 0 aromatic heterocycles. The lowest BCUT2D eigenvalue weighted by atomic mass is 9.91. The van der Waals surface area contributed by atoms with Gasteiger partial charge in [-0.2, -0.15) is 0 Å². The summed E-state index contributed by atoms with van der Waals surface area (Å²) in [6.45, 7) is 40.0. The van der Waals surface area contributed by atoms with Crippen LogP contribution in [0.5, 0.6) is 0 Å². The average molecular weight is 1330 g/mol. The zero-order valence-electron chi connectivity index (χ0n) is 62.6. The van der Waals surface area contributed by atoms with E-state index in [0.717, 1.165) is 0 Å². The van der Waals surface area contributed by atoms with Crippen molar-refractivity contribution in [1.29, 1.82) is 0 Å². The van der Waals surface area contributed by atoms with E-state index in [-0.39, 0.29) is 75.2 Å². The minimum absolute atomic E-state index is 0.0290. The monoisotopic (exact) mass is 1330 g/mol. The molecule has 0 radical (unpaired) electrons. The number of carbonyl (C=O) groups excluding carboxylic acids is 11. The van der Waals surface area contributed by atoms with Crippen LogP contribution < -0.4 is 21.3 Å². The van der Waals surface area contributed by atoms with Gasteiger partial charge < -0.3 is 65.1 Å². The summed E-state index contributed by atoms with van der Waals surface area (Å²) in [6, 6.07) is -13.5. The van der Waals surface area contributed by atoms with Crippen molar-refractivity contribution in [1.82, 2.24) is 55.6 Å². The summed E-state index contributed by atoms with van der Waals surface area (Å²) in [7, 11) is 7.36. The number of nitrogens with zero attached hydrogens (tertiary/aromatic N) is 7. The van der Waals surface area contributed by atoms with E-state index in [2.05, 4.69) is 21.3 Å². The predicted octanol–water partition coefficient (Wildman–Crippen LogP) is 5.49. The fraction of sp³-hybridized carbons (Fsp3) is 0.838. The van der Waals surface area contributed by atoms with Crippen molar-refractivity contribution in [2.24, 2.45) is 41.4 Å². The predicted molar refractivity (Wildman–Crippen MR) is 366 cm³/mol. The molecule has 0 aliphatic carbocycles. The lowest BCUT2D eigenvalue weighted by molar-refractivity contribution is -0.157. The molecular formula is C68H127N11O13Si. The molecular weight excluding hydrogens is 1210 g/mol. The van der Waals surface area contributed by atoms with Gasteiger partial charge >= 0.3 is 0 Å². The van der Waals surface area contributed by atoms with Crippen molar-refractivity contribution in [3.05, 3.63) is 0 Å². The molecule has 93 heavy (non-hydrogen) atoms. The largest absolute Gasteiger partial charge is 0.411 e. The van der Waals surface area contributed by atoms with E-state index in [1.54, 1.807) is 41.5 Å². The van der Waals surface area contributed by atoms with Crippen molar-refractivity contribution in [3.63, 3.8) is 0 Å². The summed E-state index contributed by atoms with van der Waals surface area (Å²) in [4.78, 5) is 173. The van der Waals surface area contributed by atoms with Crippen LogP contribution in [0.1, 0.15) is 183 Å². The lowest BCUT2D eigenvalue weighted by Gasteiger charge is -2.46. The van der Waals surface area contributed by atoms with Crippen LogP contribution in [0.25, 0.3) is 0 Å². The summed E-state index contributed by atoms with van der Waals surface area (Å²) < 4.78 is 7.17. The minimum Gasteiger partial charge on any atom is -0.411 e. The molecule has 1 rings (SSSR count). The van der Waals surface area contributed by atoms with Crippen LogP contribution in [0.4, 0.5) is 0 Å². The van der Waals surface area contributed by atoms with E-state index in [9.17, 15) is 33.9 Å². The van der Waals surface area contributed by atoms with Crippen LogP contribution in [-0.2, 0) is 57.2 Å². The van der Waals surface area contributed by atoms with E-state index in [4.69, 9.17) is 4.43 Å². The van der Waals surface area contributed by atoms with Gasteiger partial charge in [0.05, 0.1) is 6.10 Å². The van der Waals surface area contributed by atoms with Gasteiger partial charge in [-0.3, -0.25) is 52.7 Å². The Morgan fingerprint density at radius 1 is 0.430 bits per heavy atom. The van der Waals surface area contributed by atoms with Gasteiger partial charge in [0.25, 0.3) is 0 Å². The standard InChI is InChI=1S/C68H127N11O13Si/c1-30-47-62(86)73(21)48(31-2)63(87)74(22)50(35-39(5)6)59(83)72-53(42(11)12)66(90)75(23)49(34-38(3)4)58(82)69-45(16)57(81)70-46(17)61(85)76(24)51(36-40(7)8)64(88)77(25)52(37-41(9)10)65(89)78(26)54(43(13)14)67(91)79(27)55(60(84)71-47)56(44(15)32-33-80)92-93(28,29)68(18,19)20/h38-56,80H,30-37H2,1-29H3,(H,69,82)(H,70,81)(H,71,84)(H,72,83)/t44-,45+,46-,47+,48-,49+,50+,51+,52+,53+,54+,55+,56+/m1/s1. The van der Waals surface area contributed by atoms with Crippen LogP contribution in [0.3, 0.4) is 0 Å². The molecule has 1 saturated heterocycles. The summed E-state index contributed by atoms with van der Waals surface area (Å²) in [5.41, 5.74) is 0. The fourth-order valence-electron chi connectivity index (χ4n) is 11.8. The zero-order chi connectivity index (χ0) is 72.6. The van der Waals surface area contributed by atoms with E-state index in [1.807, 2.05) is 96.2 Å². The van der Waals surface area contributed by atoms with E-state index in [1.165, 1.54) is 97.5 Å². The molecule has 536 valence electrons. The molecule has 1 aliphatic rings. The zero-order valence-corrected chi connectivity index (χ0v) is 63.6. The molecule has 24 nitrogen and oxygen atoms in total.